The third-order valence-electron chi connectivity index (χ3n) is 1.97. The fraction of sp³-hybridized carbons (Fsp3) is 0.750. The minimum atomic E-state index is 0.00366. The molecule has 1 saturated heterocycles. The molecule has 0 saturated carbocycles. The van der Waals surface area contributed by atoms with Gasteiger partial charge in [0.1, 0.15) is 6.29 Å². The Bertz CT molecular complexity index is 182. The van der Waals surface area contributed by atoms with Gasteiger partial charge < -0.3 is 14.6 Å². The number of hydrogen-bond acceptors (Lipinski definition) is 2. The van der Waals surface area contributed by atoms with Gasteiger partial charge in [0.15, 0.2) is 0 Å². The average Bonchev–Trinajstić information content (AvgIpc) is 2.38. The lowest BCUT2D eigenvalue weighted by molar-refractivity contribution is -0.108. The molecule has 0 atom stereocenters. The zero-order valence-corrected chi connectivity index (χ0v) is 7.32. The van der Waals surface area contributed by atoms with Crippen molar-refractivity contribution in [1.29, 1.82) is 0 Å². The average molecular weight is 170 g/mol. The standard InChI is InChI=1S/C8H14N2O2/c1-2-3-9-4-5-10(6-7-11)8(9)12/h7H,2-6H2,1H3. The predicted octanol–water partition coefficient (Wildman–Crippen LogP) is 0.333. The number of nitrogens with zero attached hydrogens (tertiary/aromatic N) is 2. The highest BCUT2D eigenvalue weighted by molar-refractivity contribution is 5.78. The molecule has 1 aliphatic rings. The Labute approximate surface area is 72.1 Å². The molecule has 0 aromatic carbocycles. The largest absolute Gasteiger partial charge is 0.323 e. The quantitative estimate of drug-likeness (QED) is 0.570. The van der Waals surface area contributed by atoms with Crippen molar-refractivity contribution in [3.63, 3.8) is 0 Å². The first kappa shape index (κ1) is 9.03. The van der Waals surface area contributed by atoms with Crippen molar-refractivity contribution >= 4 is 12.3 Å². The summed E-state index contributed by atoms with van der Waals surface area (Å²) in [6.07, 6.45) is 1.74. The molecule has 0 bridgehead atoms. The van der Waals surface area contributed by atoms with E-state index in [1.165, 1.54) is 0 Å². The van der Waals surface area contributed by atoms with Gasteiger partial charge in [0.05, 0.1) is 6.54 Å². The minimum Gasteiger partial charge on any atom is -0.323 e. The van der Waals surface area contributed by atoms with Gasteiger partial charge in [-0.15, -0.1) is 0 Å². The molecule has 1 aliphatic heterocycles. The third-order valence-corrected chi connectivity index (χ3v) is 1.97. The monoisotopic (exact) mass is 170 g/mol. The molecular formula is C8H14N2O2. The Balaban J connectivity index is 2.43. The highest BCUT2D eigenvalue weighted by Crippen LogP contribution is 2.07. The van der Waals surface area contributed by atoms with Crippen molar-refractivity contribution in [2.75, 3.05) is 26.2 Å². The molecule has 4 heteroatoms. The van der Waals surface area contributed by atoms with Gasteiger partial charge >= 0.3 is 6.03 Å². The van der Waals surface area contributed by atoms with E-state index >= 15 is 0 Å². The molecular weight excluding hydrogens is 156 g/mol. The molecule has 1 heterocycles. The van der Waals surface area contributed by atoms with Gasteiger partial charge in [0.2, 0.25) is 0 Å². The molecule has 1 fully saturated rings. The van der Waals surface area contributed by atoms with Crippen molar-refractivity contribution in [3.8, 4) is 0 Å². The number of hydrogen-bond donors (Lipinski definition) is 0. The van der Waals surface area contributed by atoms with Crippen LogP contribution in [0.1, 0.15) is 13.3 Å². The maximum atomic E-state index is 11.4. The molecule has 12 heavy (non-hydrogen) atoms. The Morgan fingerprint density at radius 2 is 2.08 bits per heavy atom. The van der Waals surface area contributed by atoms with Crippen LogP contribution in [0.4, 0.5) is 4.79 Å². The summed E-state index contributed by atoms with van der Waals surface area (Å²) in [7, 11) is 0. The van der Waals surface area contributed by atoms with E-state index < -0.39 is 0 Å². The summed E-state index contributed by atoms with van der Waals surface area (Å²) in [5, 5.41) is 0. The summed E-state index contributed by atoms with van der Waals surface area (Å²) < 4.78 is 0. The van der Waals surface area contributed by atoms with Gasteiger partial charge in [-0.05, 0) is 6.42 Å². The smallest absolute Gasteiger partial charge is 0.320 e. The lowest BCUT2D eigenvalue weighted by Gasteiger charge is -2.15. The number of carbonyl (C=O) groups excluding carboxylic acids is 2. The summed E-state index contributed by atoms with van der Waals surface area (Å²) in [6.45, 7) is 4.53. The second-order valence-electron chi connectivity index (χ2n) is 2.88. The lowest BCUT2D eigenvalue weighted by atomic mass is 10.4. The van der Waals surface area contributed by atoms with Crippen LogP contribution in [-0.4, -0.2) is 48.3 Å². The molecule has 0 aliphatic carbocycles. The Morgan fingerprint density at radius 3 is 2.67 bits per heavy atom. The predicted molar refractivity (Wildman–Crippen MR) is 44.9 cm³/mol. The van der Waals surface area contributed by atoms with Crippen LogP contribution in [-0.2, 0) is 4.79 Å². The second-order valence-corrected chi connectivity index (χ2v) is 2.88. The van der Waals surface area contributed by atoms with Crippen molar-refractivity contribution < 1.29 is 9.59 Å². The van der Waals surface area contributed by atoms with Crippen LogP contribution in [0.15, 0.2) is 0 Å². The van der Waals surface area contributed by atoms with Crippen molar-refractivity contribution in [3.05, 3.63) is 0 Å². The van der Waals surface area contributed by atoms with Gasteiger partial charge in [-0.1, -0.05) is 6.92 Å². The molecule has 1 rings (SSSR count). The zero-order valence-electron chi connectivity index (χ0n) is 7.32. The molecule has 0 spiro atoms. The molecule has 4 nitrogen and oxygen atoms in total. The van der Waals surface area contributed by atoms with Crippen LogP contribution < -0.4 is 0 Å². The molecule has 2 amide bonds. The maximum absolute atomic E-state index is 11.4. The second kappa shape index (κ2) is 4.09. The topological polar surface area (TPSA) is 40.6 Å². The van der Waals surface area contributed by atoms with Crippen LogP contribution >= 0.6 is 0 Å². The van der Waals surface area contributed by atoms with Gasteiger partial charge in [-0.3, -0.25) is 0 Å². The van der Waals surface area contributed by atoms with Gasteiger partial charge in [0.25, 0.3) is 0 Å². The Morgan fingerprint density at radius 1 is 1.42 bits per heavy atom. The van der Waals surface area contributed by atoms with Gasteiger partial charge in [-0.2, -0.15) is 0 Å². The highest BCUT2D eigenvalue weighted by atomic mass is 16.2. The third kappa shape index (κ3) is 1.75. The summed E-state index contributed by atoms with van der Waals surface area (Å²) >= 11 is 0. The first-order valence-corrected chi connectivity index (χ1v) is 4.27. The van der Waals surface area contributed by atoms with Crippen LogP contribution in [0.2, 0.25) is 0 Å². The molecule has 0 aromatic heterocycles. The Hall–Kier alpha value is -1.06. The summed E-state index contributed by atoms with van der Waals surface area (Å²) in [5.74, 6) is 0. The van der Waals surface area contributed by atoms with E-state index in [-0.39, 0.29) is 12.6 Å². The van der Waals surface area contributed by atoms with Crippen LogP contribution in [0.25, 0.3) is 0 Å². The van der Waals surface area contributed by atoms with Gasteiger partial charge in [0, 0.05) is 19.6 Å². The van der Waals surface area contributed by atoms with E-state index in [2.05, 4.69) is 0 Å². The fourth-order valence-electron chi connectivity index (χ4n) is 1.37. The Kier molecular flexibility index (Phi) is 3.08. The number of rotatable bonds is 4. The van der Waals surface area contributed by atoms with Crippen molar-refractivity contribution in [1.82, 2.24) is 9.80 Å². The minimum absolute atomic E-state index is 0.00366. The molecule has 0 unspecified atom stereocenters. The van der Waals surface area contributed by atoms with Crippen molar-refractivity contribution in [2.45, 2.75) is 13.3 Å². The lowest BCUT2D eigenvalue weighted by Crippen LogP contribution is -2.33. The van der Waals surface area contributed by atoms with E-state index in [1.807, 2.05) is 6.92 Å². The molecule has 0 aromatic rings. The summed E-state index contributed by atoms with van der Waals surface area (Å²) in [5.41, 5.74) is 0. The first-order chi connectivity index (χ1) is 5.79. The fourth-order valence-corrected chi connectivity index (χ4v) is 1.37. The normalized spacial score (nSPS) is 17.2. The van der Waals surface area contributed by atoms with Crippen LogP contribution in [0.3, 0.4) is 0 Å². The van der Waals surface area contributed by atoms with Gasteiger partial charge in [-0.25, -0.2) is 4.79 Å². The SMILES string of the molecule is CCCN1CCN(CC=O)C1=O. The number of urea groups is 1. The van der Waals surface area contributed by atoms with E-state index in [4.69, 9.17) is 0 Å². The molecule has 0 radical (unpaired) electrons. The van der Waals surface area contributed by atoms with E-state index in [0.717, 1.165) is 25.8 Å². The number of aldehydes is 1. The van der Waals surface area contributed by atoms with E-state index in [1.54, 1.807) is 9.80 Å². The molecule has 68 valence electrons. The first-order valence-electron chi connectivity index (χ1n) is 4.27. The van der Waals surface area contributed by atoms with Crippen LogP contribution in [0, 0.1) is 0 Å². The molecule has 0 N–H and O–H groups in total. The zero-order chi connectivity index (χ0) is 8.97. The number of amides is 2. The van der Waals surface area contributed by atoms with Crippen molar-refractivity contribution in [2.24, 2.45) is 0 Å². The van der Waals surface area contributed by atoms with Crippen LogP contribution in [0.5, 0.6) is 0 Å². The summed E-state index contributed by atoms with van der Waals surface area (Å²) in [6, 6.07) is 0.00366. The summed E-state index contributed by atoms with van der Waals surface area (Å²) in [4.78, 5) is 24.9. The highest BCUT2D eigenvalue weighted by Gasteiger charge is 2.26. The number of carbonyl (C=O) groups is 2. The van der Waals surface area contributed by atoms with E-state index in [0.29, 0.717) is 6.54 Å². The maximum Gasteiger partial charge on any atom is 0.320 e. The van der Waals surface area contributed by atoms with E-state index in [9.17, 15) is 9.59 Å².